The van der Waals surface area contributed by atoms with Crippen LogP contribution in [-0.2, 0) is 4.74 Å². The van der Waals surface area contributed by atoms with Crippen molar-refractivity contribution in [2.24, 2.45) is 0 Å². The van der Waals surface area contributed by atoms with E-state index in [1.807, 2.05) is 18.2 Å². The Morgan fingerprint density at radius 2 is 2.05 bits per heavy atom. The molecule has 0 bridgehead atoms. The maximum absolute atomic E-state index is 11.1. The summed E-state index contributed by atoms with van der Waals surface area (Å²) >= 11 is 0. The van der Waals surface area contributed by atoms with Crippen molar-refractivity contribution in [1.29, 1.82) is 0 Å². The molecule has 0 saturated carbocycles. The van der Waals surface area contributed by atoms with Crippen LogP contribution in [0.5, 0.6) is 0 Å². The highest BCUT2D eigenvalue weighted by Crippen LogP contribution is 2.20. The van der Waals surface area contributed by atoms with Gasteiger partial charge in [0.15, 0.2) is 0 Å². The van der Waals surface area contributed by atoms with E-state index in [4.69, 9.17) is 9.84 Å². The average Bonchev–Trinajstić information content (AvgIpc) is 2.50. The maximum atomic E-state index is 11.1. The van der Waals surface area contributed by atoms with E-state index < -0.39 is 5.97 Å². The quantitative estimate of drug-likeness (QED) is 0.727. The minimum atomic E-state index is -1.12. The Bertz CT molecular complexity index is 616. The van der Waals surface area contributed by atoms with Gasteiger partial charge >= 0.3 is 5.97 Å². The number of hydrogen-bond donors (Lipinski definition) is 2. The third kappa shape index (κ3) is 4.13. The number of rotatable bonds is 8. The molecule has 0 spiro atoms. The Hall–Kier alpha value is -2.21. The molecule has 2 rings (SSSR count). The van der Waals surface area contributed by atoms with Crippen LogP contribution in [0.1, 0.15) is 29.9 Å². The molecule has 0 aliphatic carbocycles. The zero-order chi connectivity index (χ0) is 15.1. The molecule has 0 fully saturated rings. The van der Waals surface area contributed by atoms with Gasteiger partial charge in [-0.05, 0) is 31.4 Å². The van der Waals surface area contributed by atoms with E-state index in [0.717, 1.165) is 37.8 Å². The van der Waals surface area contributed by atoms with Gasteiger partial charge < -0.3 is 15.2 Å². The Kier molecular flexibility index (Phi) is 5.45. The van der Waals surface area contributed by atoms with Gasteiger partial charge in [-0.2, -0.15) is 0 Å². The standard InChI is InChI=1S/C15H19N3O3/c1-21-10-6-2-5-9-16-13-11-7-3-4-8-12(11)17-14(18-13)15(19)20/h3-4,7-8H,2,5-6,9-10H2,1H3,(H,19,20)(H,16,17,18). The molecule has 0 atom stereocenters. The van der Waals surface area contributed by atoms with Gasteiger partial charge in [-0.15, -0.1) is 0 Å². The average molecular weight is 289 g/mol. The van der Waals surface area contributed by atoms with Crippen LogP contribution in [0.25, 0.3) is 10.9 Å². The van der Waals surface area contributed by atoms with Gasteiger partial charge in [0.2, 0.25) is 5.82 Å². The van der Waals surface area contributed by atoms with Gasteiger partial charge in [0, 0.05) is 25.6 Å². The molecule has 6 heteroatoms. The summed E-state index contributed by atoms with van der Waals surface area (Å²) in [5.74, 6) is -0.732. The summed E-state index contributed by atoms with van der Waals surface area (Å²) in [7, 11) is 1.69. The lowest BCUT2D eigenvalue weighted by Gasteiger charge is -2.09. The zero-order valence-corrected chi connectivity index (χ0v) is 12.0. The van der Waals surface area contributed by atoms with E-state index in [1.54, 1.807) is 13.2 Å². The summed E-state index contributed by atoms with van der Waals surface area (Å²) in [5, 5.41) is 13.1. The number of hydrogen-bond acceptors (Lipinski definition) is 5. The largest absolute Gasteiger partial charge is 0.475 e. The summed E-state index contributed by atoms with van der Waals surface area (Å²) in [4.78, 5) is 19.2. The summed E-state index contributed by atoms with van der Waals surface area (Å²) in [5.41, 5.74) is 0.631. The molecule has 112 valence electrons. The second-order valence-electron chi connectivity index (χ2n) is 4.70. The summed E-state index contributed by atoms with van der Waals surface area (Å²) < 4.78 is 5.00. The van der Waals surface area contributed by atoms with Crippen LogP contribution in [0.4, 0.5) is 5.82 Å². The van der Waals surface area contributed by atoms with Crippen molar-refractivity contribution in [1.82, 2.24) is 9.97 Å². The first kappa shape index (κ1) is 15.2. The molecule has 0 amide bonds. The molecular weight excluding hydrogens is 270 g/mol. The molecule has 21 heavy (non-hydrogen) atoms. The number of aromatic carboxylic acids is 1. The summed E-state index contributed by atoms with van der Waals surface area (Å²) in [6.07, 6.45) is 3.04. The SMILES string of the molecule is COCCCCCNc1nc(C(=O)O)nc2ccccc12. The third-order valence-corrected chi connectivity index (χ3v) is 3.11. The maximum Gasteiger partial charge on any atom is 0.374 e. The van der Waals surface area contributed by atoms with Crippen molar-refractivity contribution < 1.29 is 14.6 Å². The fourth-order valence-corrected chi connectivity index (χ4v) is 2.06. The Morgan fingerprint density at radius 1 is 1.24 bits per heavy atom. The van der Waals surface area contributed by atoms with Gasteiger partial charge in [-0.3, -0.25) is 0 Å². The number of anilines is 1. The van der Waals surface area contributed by atoms with Crippen LogP contribution < -0.4 is 5.32 Å². The Labute approximate surface area is 123 Å². The molecular formula is C15H19N3O3. The summed E-state index contributed by atoms with van der Waals surface area (Å²) in [6, 6.07) is 7.38. The predicted octanol–water partition coefficient (Wildman–Crippen LogP) is 2.56. The van der Waals surface area contributed by atoms with E-state index in [9.17, 15) is 4.79 Å². The number of carboxylic acids is 1. The van der Waals surface area contributed by atoms with Gasteiger partial charge in [-0.25, -0.2) is 14.8 Å². The number of methoxy groups -OCH3 is 1. The smallest absolute Gasteiger partial charge is 0.374 e. The first-order valence-corrected chi connectivity index (χ1v) is 6.95. The molecule has 2 N–H and O–H groups in total. The van der Waals surface area contributed by atoms with Crippen molar-refractivity contribution >= 4 is 22.7 Å². The number of ether oxygens (including phenoxy) is 1. The minimum Gasteiger partial charge on any atom is -0.475 e. The minimum absolute atomic E-state index is 0.185. The van der Waals surface area contributed by atoms with E-state index in [0.29, 0.717) is 11.3 Å². The molecule has 0 saturated heterocycles. The highest BCUT2D eigenvalue weighted by Gasteiger charge is 2.12. The number of benzene rings is 1. The van der Waals surface area contributed by atoms with Crippen LogP contribution in [0.2, 0.25) is 0 Å². The lowest BCUT2D eigenvalue weighted by atomic mass is 10.2. The van der Waals surface area contributed by atoms with E-state index in [-0.39, 0.29) is 5.82 Å². The molecule has 1 aromatic carbocycles. The van der Waals surface area contributed by atoms with Crippen LogP contribution in [0, 0.1) is 0 Å². The third-order valence-electron chi connectivity index (χ3n) is 3.11. The first-order chi connectivity index (χ1) is 10.2. The molecule has 6 nitrogen and oxygen atoms in total. The molecule has 0 radical (unpaired) electrons. The Balaban J connectivity index is 2.08. The monoisotopic (exact) mass is 289 g/mol. The fraction of sp³-hybridized carbons (Fsp3) is 0.400. The number of carbonyl (C=O) groups is 1. The lowest BCUT2D eigenvalue weighted by molar-refractivity contribution is 0.0684. The van der Waals surface area contributed by atoms with E-state index >= 15 is 0 Å². The lowest BCUT2D eigenvalue weighted by Crippen LogP contribution is -2.10. The highest BCUT2D eigenvalue weighted by atomic mass is 16.5. The van der Waals surface area contributed by atoms with Crippen molar-refractivity contribution in [2.75, 3.05) is 25.6 Å². The van der Waals surface area contributed by atoms with Gasteiger partial charge in [0.05, 0.1) is 5.52 Å². The van der Waals surface area contributed by atoms with E-state index in [1.165, 1.54) is 0 Å². The van der Waals surface area contributed by atoms with Gasteiger partial charge in [-0.1, -0.05) is 12.1 Å². The first-order valence-electron chi connectivity index (χ1n) is 6.95. The number of fused-ring (bicyclic) bond motifs is 1. The van der Waals surface area contributed by atoms with Gasteiger partial charge in [0.25, 0.3) is 0 Å². The van der Waals surface area contributed by atoms with Crippen LogP contribution in [0.15, 0.2) is 24.3 Å². The van der Waals surface area contributed by atoms with Crippen LogP contribution >= 0.6 is 0 Å². The van der Waals surface area contributed by atoms with Crippen LogP contribution in [-0.4, -0.2) is 41.3 Å². The number of unbranched alkanes of at least 4 members (excludes halogenated alkanes) is 2. The molecule has 2 aromatic rings. The molecule has 1 heterocycles. The summed E-state index contributed by atoms with van der Waals surface area (Å²) in [6.45, 7) is 1.50. The normalized spacial score (nSPS) is 10.7. The Morgan fingerprint density at radius 3 is 2.81 bits per heavy atom. The van der Waals surface area contributed by atoms with Gasteiger partial charge in [0.1, 0.15) is 5.82 Å². The van der Waals surface area contributed by atoms with Crippen molar-refractivity contribution in [3.8, 4) is 0 Å². The van der Waals surface area contributed by atoms with Crippen LogP contribution in [0.3, 0.4) is 0 Å². The predicted molar refractivity (Wildman–Crippen MR) is 80.7 cm³/mol. The van der Waals surface area contributed by atoms with Crippen molar-refractivity contribution in [3.63, 3.8) is 0 Å². The second kappa shape index (κ2) is 7.54. The topological polar surface area (TPSA) is 84.3 Å². The molecule has 1 aromatic heterocycles. The number of nitrogens with one attached hydrogen (secondary N) is 1. The zero-order valence-electron chi connectivity index (χ0n) is 12.0. The number of aromatic nitrogens is 2. The second-order valence-corrected chi connectivity index (χ2v) is 4.70. The van der Waals surface area contributed by atoms with Crippen molar-refractivity contribution in [3.05, 3.63) is 30.1 Å². The molecule has 0 aliphatic rings. The fourth-order valence-electron chi connectivity index (χ4n) is 2.06. The van der Waals surface area contributed by atoms with E-state index in [2.05, 4.69) is 15.3 Å². The molecule has 0 unspecified atom stereocenters. The number of carboxylic acid groups (broad SMARTS) is 1. The highest BCUT2D eigenvalue weighted by molar-refractivity contribution is 5.93. The molecule has 0 aliphatic heterocycles. The number of nitrogens with zero attached hydrogens (tertiary/aromatic N) is 2. The van der Waals surface area contributed by atoms with Crippen molar-refractivity contribution in [2.45, 2.75) is 19.3 Å². The number of para-hydroxylation sites is 1.